The Balaban J connectivity index is 0.000000259. The second-order valence-corrected chi connectivity index (χ2v) is 11.3. The fourth-order valence-corrected chi connectivity index (χ4v) is 5.00. The number of hydrogen-bond acceptors (Lipinski definition) is 5. The number of alkyl halides is 4. The summed E-state index contributed by atoms with van der Waals surface area (Å²) in [6.07, 6.45) is -0.901. The highest BCUT2D eigenvalue weighted by molar-refractivity contribution is 5.80. The summed E-state index contributed by atoms with van der Waals surface area (Å²) in [7, 11) is 0. The van der Waals surface area contributed by atoms with Gasteiger partial charge in [-0.3, -0.25) is 19.2 Å². The van der Waals surface area contributed by atoms with Crippen molar-refractivity contribution in [2.45, 2.75) is 88.1 Å². The van der Waals surface area contributed by atoms with Crippen LogP contribution in [-0.2, 0) is 19.2 Å². The largest absolute Gasteiger partial charge is 0.481 e. The number of carbonyl (C=O) groups excluding carboxylic acids is 1. The molecule has 0 saturated heterocycles. The minimum atomic E-state index is -2.68. The third-order valence-corrected chi connectivity index (χ3v) is 7.67. The van der Waals surface area contributed by atoms with Crippen LogP contribution >= 0.6 is 0 Å². The van der Waals surface area contributed by atoms with Crippen LogP contribution in [0.2, 0.25) is 0 Å². The molecule has 2 fully saturated rings. The SMILES string of the molecule is NC(CC(=O)O)c1ccccc1.O=C(O)C1CCC(F)(F)CC1.O=C(O)CC(NC(=O)C1CCC(F)(F)CC1)c1ccccc1. The molecule has 248 valence electrons. The first-order valence-corrected chi connectivity index (χ1v) is 14.7. The van der Waals surface area contributed by atoms with Gasteiger partial charge >= 0.3 is 17.9 Å². The zero-order chi connectivity index (χ0) is 33.6. The smallest absolute Gasteiger partial charge is 0.306 e. The highest BCUT2D eigenvalue weighted by atomic mass is 19.3. The number of nitrogens with two attached hydrogens (primary N) is 1. The van der Waals surface area contributed by atoms with Crippen molar-refractivity contribution >= 4 is 23.8 Å². The first kappa shape index (κ1) is 37.2. The first-order valence-electron chi connectivity index (χ1n) is 14.7. The maximum absolute atomic E-state index is 13.1. The number of carboxylic acid groups (broad SMARTS) is 3. The lowest BCUT2D eigenvalue weighted by molar-refractivity contribution is -0.146. The van der Waals surface area contributed by atoms with Gasteiger partial charge in [0.1, 0.15) is 0 Å². The quantitative estimate of drug-likeness (QED) is 0.202. The lowest BCUT2D eigenvalue weighted by Gasteiger charge is -2.29. The van der Waals surface area contributed by atoms with Crippen LogP contribution < -0.4 is 11.1 Å². The Hall–Kier alpha value is -4.00. The third kappa shape index (κ3) is 14.1. The lowest BCUT2D eigenvalue weighted by atomic mass is 9.86. The molecule has 13 heteroatoms. The number of halogens is 4. The Labute approximate surface area is 258 Å². The second-order valence-electron chi connectivity index (χ2n) is 11.3. The monoisotopic (exact) mass is 640 g/mol. The average Bonchev–Trinajstić information content (AvgIpc) is 2.97. The maximum atomic E-state index is 13.1. The van der Waals surface area contributed by atoms with Crippen LogP contribution in [0.1, 0.15) is 87.4 Å². The summed E-state index contributed by atoms with van der Waals surface area (Å²) in [5.74, 6) is -9.50. The molecule has 0 aliphatic heterocycles. The fourth-order valence-electron chi connectivity index (χ4n) is 5.00. The molecule has 2 aliphatic rings. The molecule has 0 heterocycles. The lowest BCUT2D eigenvalue weighted by Crippen LogP contribution is -2.38. The van der Waals surface area contributed by atoms with Gasteiger partial charge in [0, 0.05) is 37.6 Å². The summed E-state index contributed by atoms with van der Waals surface area (Å²) in [5, 5.41) is 28.6. The molecule has 1 amide bonds. The Morgan fingerprint density at radius 3 is 1.49 bits per heavy atom. The van der Waals surface area contributed by atoms with Crippen molar-refractivity contribution in [3.8, 4) is 0 Å². The number of hydrogen-bond donors (Lipinski definition) is 5. The molecule has 2 saturated carbocycles. The van der Waals surface area contributed by atoms with Crippen LogP contribution in [0, 0.1) is 11.8 Å². The van der Waals surface area contributed by atoms with Crippen LogP contribution in [0.15, 0.2) is 60.7 Å². The fraction of sp³-hybridized carbons (Fsp3) is 0.500. The summed E-state index contributed by atoms with van der Waals surface area (Å²) in [4.78, 5) is 43.8. The second kappa shape index (κ2) is 17.5. The standard InChI is InChI=1S/C16H19F2NO3.C9H11NO2.C7H10F2O2/c17-16(18)8-6-12(7-9-16)15(22)19-13(10-14(20)21)11-4-2-1-3-5-11;10-8(6-9(11)12)7-4-2-1-3-5-7;8-7(9)3-1-5(2-4-7)6(10)11/h1-5,12-13H,6-10H2,(H,19,22)(H,20,21);1-5,8H,6,10H2,(H,11,12);5H,1-4H2,(H,10,11). The molecule has 2 atom stereocenters. The number of carbonyl (C=O) groups is 4. The van der Waals surface area contributed by atoms with E-state index in [1.54, 1.807) is 30.3 Å². The number of amides is 1. The van der Waals surface area contributed by atoms with E-state index in [1.165, 1.54) is 0 Å². The van der Waals surface area contributed by atoms with E-state index < -0.39 is 53.7 Å². The van der Waals surface area contributed by atoms with Gasteiger partial charge in [0.25, 0.3) is 0 Å². The van der Waals surface area contributed by atoms with E-state index in [4.69, 9.17) is 21.1 Å². The highest BCUT2D eigenvalue weighted by Gasteiger charge is 2.38. The zero-order valence-corrected chi connectivity index (χ0v) is 24.7. The Morgan fingerprint density at radius 2 is 1.09 bits per heavy atom. The molecule has 9 nitrogen and oxygen atoms in total. The van der Waals surface area contributed by atoms with E-state index in [1.807, 2.05) is 30.3 Å². The number of nitrogens with one attached hydrogen (secondary N) is 1. The highest BCUT2D eigenvalue weighted by Crippen LogP contribution is 2.37. The summed E-state index contributed by atoms with van der Waals surface area (Å²) in [6.45, 7) is 0. The van der Waals surface area contributed by atoms with Crippen molar-refractivity contribution in [3.63, 3.8) is 0 Å². The Bertz CT molecular complexity index is 1230. The van der Waals surface area contributed by atoms with E-state index in [0.717, 1.165) is 5.56 Å². The molecule has 6 N–H and O–H groups in total. The number of carboxylic acids is 3. The van der Waals surface area contributed by atoms with E-state index in [2.05, 4.69) is 5.32 Å². The van der Waals surface area contributed by atoms with Crippen molar-refractivity contribution in [2.75, 3.05) is 0 Å². The van der Waals surface area contributed by atoms with Gasteiger partial charge in [-0.2, -0.15) is 0 Å². The normalized spacial score (nSPS) is 18.9. The van der Waals surface area contributed by atoms with Gasteiger partial charge in [-0.25, -0.2) is 17.6 Å². The van der Waals surface area contributed by atoms with Gasteiger partial charge in [0.15, 0.2) is 0 Å². The van der Waals surface area contributed by atoms with Crippen LogP contribution in [0.5, 0.6) is 0 Å². The molecule has 4 rings (SSSR count). The van der Waals surface area contributed by atoms with E-state index in [0.29, 0.717) is 5.56 Å². The van der Waals surface area contributed by atoms with Crippen LogP contribution in [-0.4, -0.2) is 51.0 Å². The molecule has 2 unspecified atom stereocenters. The predicted octanol–water partition coefficient (Wildman–Crippen LogP) is 6.20. The summed E-state index contributed by atoms with van der Waals surface area (Å²) in [6, 6.07) is 17.0. The van der Waals surface area contributed by atoms with E-state index >= 15 is 0 Å². The van der Waals surface area contributed by atoms with Crippen molar-refractivity contribution in [1.82, 2.24) is 5.32 Å². The molecule has 0 bridgehead atoms. The molecular formula is C32H40F4N2O7. The Kier molecular flexibility index (Phi) is 14.4. The van der Waals surface area contributed by atoms with Crippen LogP contribution in [0.25, 0.3) is 0 Å². The van der Waals surface area contributed by atoms with Gasteiger partial charge in [-0.1, -0.05) is 60.7 Å². The summed E-state index contributed by atoms with van der Waals surface area (Å²) < 4.78 is 51.2. The van der Waals surface area contributed by atoms with Gasteiger partial charge in [0.05, 0.1) is 24.8 Å². The Morgan fingerprint density at radius 1 is 0.689 bits per heavy atom. The summed E-state index contributed by atoms with van der Waals surface area (Å²) in [5.41, 5.74) is 7.17. The van der Waals surface area contributed by atoms with Crippen LogP contribution in [0.3, 0.4) is 0 Å². The van der Waals surface area contributed by atoms with Gasteiger partial charge < -0.3 is 26.4 Å². The molecule has 2 aromatic rings. The zero-order valence-electron chi connectivity index (χ0n) is 24.7. The average molecular weight is 641 g/mol. The number of aliphatic carboxylic acids is 3. The van der Waals surface area contributed by atoms with Crippen molar-refractivity contribution in [3.05, 3.63) is 71.8 Å². The van der Waals surface area contributed by atoms with Gasteiger partial charge in [-0.05, 0) is 36.8 Å². The minimum Gasteiger partial charge on any atom is -0.481 e. The van der Waals surface area contributed by atoms with Gasteiger partial charge in [-0.15, -0.1) is 0 Å². The van der Waals surface area contributed by atoms with Crippen molar-refractivity contribution in [1.29, 1.82) is 0 Å². The number of benzene rings is 2. The van der Waals surface area contributed by atoms with Crippen molar-refractivity contribution in [2.24, 2.45) is 17.6 Å². The van der Waals surface area contributed by atoms with Gasteiger partial charge in [0.2, 0.25) is 17.8 Å². The third-order valence-electron chi connectivity index (χ3n) is 7.67. The predicted molar refractivity (Wildman–Crippen MR) is 157 cm³/mol. The molecule has 0 radical (unpaired) electrons. The van der Waals surface area contributed by atoms with Crippen LogP contribution in [0.4, 0.5) is 17.6 Å². The summed E-state index contributed by atoms with van der Waals surface area (Å²) >= 11 is 0. The molecule has 0 spiro atoms. The first-order chi connectivity index (χ1) is 21.1. The molecule has 45 heavy (non-hydrogen) atoms. The van der Waals surface area contributed by atoms with Crippen molar-refractivity contribution < 1.29 is 52.1 Å². The molecule has 2 aromatic carbocycles. The minimum absolute atomic E-state index is 0.0238. The topological polar surface area (TPSA) is 167 Å². The molecule has 0 aromatic heterocycles. The molecule has 2 aliphatic carbocycles. The molecular weight excluding hydrogens is 600 g/mol. The van der Waals surface area contributed by atoms with E-state index in [-0.39, 0.29) is 70.1 Å². The number of rotatable bonds is 9. The maximum Gasteiger partial charge on any atom is 0.306 e. The van der Waals surface area contributed by atoms with E-state index in [9.17, 15) is 36.7 Å².